The summed E-state index contributed by atoms with van der Waals surface area (Å²) in [6, 6.07) is 13.3. The SMILES string of the molecule is CCCCCCCCc1ccc(C(=O)N[C@@H](CCCN)C(=O)N(C)[C@@H]2C(=O)N[C@@H](C)C(=O)N[C@H](C(=O)NCB3O[C@@H]4C[C@@H]5C[C@@H](C5(C)C)[C@]4(C)O3)Cc3ccc(OCCN)c(c3)-c3cc2ccc3OCCN)cc1. The zero-order valence-electron chi connectivity index (χ0n) is 44.5. The van der Waals surface area contributed by atoms with Crippen molar-refractivity contribution in [2.45, 2.75) is 148 Å². The molecule has 3 saturated carbocycles. The highest BCUT2D eigenvalue weighted by Gasteiger charge is 2.67. The number of nitrogens with two attached hydrogens (primary N) is 3. The second kappa shape index (κ2) is 25.3. The molecule has 1 saturated heterocycles. The van der Waals surface area contributed by atoms with Crippen molar-refractivity contribution in [1.82, 2.24) is 26.2 Å². The van der Waals surface area contributed by atoms with Crippen molar-refractivity contribution >= 4 is 36.7 Å². The Morgan fingerprint density at radius 2 is 1.51 bits per heavy atom. The van der Waals surface area contributed by atoms with E-state index in [1.807, 2.05) is 24.3 Å². The smallest absolute Gasteiger partial charge is 0.478 e. The number of carbonyl (C=O) groups is 5. The third kappa shape index (κ3) is 12.9. The minimum atomic E-state index is -1.34. The van der Waals surface area contributed by atoms with Crippen LogP contribution in [0, 0.1) is 17.3 Å². The largest absolute Gasteiger partial charge is 0.492 e. The van der Waals surface area contributed by atoms with Crippen LogP contribution in [0.2, 0.25) is 0 Å². The zero-order chi connectivity index (χ0) is 53.2. The number of ether oxygens (including phenoxy) is 2. The van der Waals surface area contributed by atoms with Crippen LogP contribution >= 0.6 is 0 Å². The summed E-state index contributed by atoms with van der Waals surface area (Å²) in [6.07, 6.45) is 10.7. The predicted octanol–water partition coefficient (Wildman–Crippen LogP) is 4.90. The van der Waals surface area contributed by atoms with Crippen LogP contribution in [0.15, 0.2) is 60.7 Å². The van der Waals surface area contributed by atoms with Crippen molar-refractivity contribution in [3.05, 3.63) is 82.9 Å². The minimum absolute atomic E-state index is 0.0604. The van der Waals surface area contributed by atoms with E-state index < -0.39 is 66.4 Å². The fraction of sp³-hybridized carbons (Fsp3) is 0.589. The summed E-state index contributed by atoms with van der Waals surface area (Å²) in [6.45, 7) is 11.4. The monoisotopic (exact) mass is 1020 g/mol. The first-order valence-electron chi connectivity index (χ1n) is 27.0. The topological polar surface area (TPSA) is 252 Å². The highest BCUT2D eigenvalue weighted by Crippen LogP contribution is 2.65. The van der Waals surface area contributed by atoms with Crippen molar-refractivity contribution in [3.63, 3.8) is 0 Å². The Kier molecular flexibility index (Phi) is 19.2. The molecule has 402 valence electrons. The standard InChI is InChI=1S/C56H81BN8O9/c1-7-8-9-10-11-12-14-36-16-19-38(20-17-36)51(67)63-43(15-13-24-58)54(70)65(6)49-39-21-23-46(72-28-26-60)42(31-39)41-29-37(18-22-45(41)71-27-25-59)30-44(64-50(66)35(2)62-53(49)69)52(68)61-34-57-73-48-33-40-32-47(55(40,3)4)56(48,5)74-57/h16-23,29,31,35,40,43-44,47-49H,7-15,24-28,30,32-34,58-60H2,1-6H3,(H,61,68)(H,62,69)(H,63,67)(H,64,66)/t35-,40-,43-,44-,47-,48+,49-,56-/m0/s1. The van der Waals surface area contributed by atoms with Gasteiger partial charge in [-0.1, -0.05) is 77.1 Å². The van der Waals surface area contributed by atoms with Gasteiger partial charge in [0.15, 0.2) is 0 Å². The number of nitrogens with zero attached hydrogens (tertiary/aromatic N) is 1. The zero-order valence-corrected chi connectivity index (χ0v) is 44.5. The van der Waals surface area contributed by atoms with Gasteiger partial charge in [0.05, 0.1) is 18.1 Å². The van der Waals surface area contributed by atoms with Gasteiger partial charge >= 0.3 is 7.12 Å². The third-order valence-corrected chi connectivity index (χ3v) is 16.0. The average Bonchev–Trinajstić information content (AvgIpc) is 3.76. The number of amides is 5. The molecule has 10 N–H and O–H groups in total. The van der Waals surface area contributed by atoms with Crippen molar-refractivity contribution in [2.75, 3.05) is 46.3 Å². The van der Waals surface area contributed by atoms with Gasteiger partial charge in [-0.05, 0) is 129 Å². The van der Waals surface area contributed by atoms with Crippen LogP contribution in [0.25, 0.3) is 11.1 Å². The van der Waals surface area contributed by atoms with Crippen molar-refractivity contribution in [2.24, 2.45) is 34.5 Å². The van der Waals surface area contributed by atoms with E-state index in [4.69, 9.17) is 36.0 Å². The number of hydrogen-bond acceptors (Lipinski definition) is 12. The minimum Gasteiger partial charge on any atom is -0.492 e. The maximum Gasteiger partial charge on any atom is 0.478 e. The Balaban J connectivity index is 1.17. The lowest BCUT2D eigenvalue weighted by Gasteiger charge is -2.64. The fourth-order valence-electron chi connectivity index (χ4n) is 11.6. The first kappa shape index (κ1) is 56.2. The summed E-state index contributed by atoms with van der Waals surface area (Å²) < 4.78 is 25.4. The molecule has 0 radical (unpaired) electrons. The summed E-state index contributed by atoms with van der Waals surface area (Å²) in [4.78, 5) is 73.4. The Morgan fingerprint density at radius 3 is 2.19 bits per heavy atom. The summed E-state index contributed by atoms with van der Waals surface area (Å²) in [5.41, 5.74) is 21.1. The second-order valence-corrected chi connectivity index (χ2v) is 21.5. The highest BCUT2D eigenvalue weighted by atomic mass is 16.7. The van der Waals surface area contributed by atoms with Crippen molar-refractivity contribution in [3.8, 4) is 22.6 Å². The van der Waals surface area contributed by atoms with Gasteiger partial charge < -0.3 is 62.2 Å². The maximum absolute atomic E-state index is 14.9. The molecular weight excluding hydrogens is 939 g/mol. The van der Waals surface area contributed by atoms with E-state index >= 15 is 0 Å². The summed E-state index contributed by atoms with van der Waals surface area (Å²) >= 11 is 0. The average molecular weight is 1020 g/mol. The van der Waals surface area contributed by atoms with Gasteiger partial charge in [0, 0.05) is 43.2 Å². The van der Waals surface area contributed by atoms with E-state index in [2.05, 4.69) is 49.0 Å². The number of benzene rings is 3. The number of fused-ring (bicyclic) bond motifs is 5. The Labute approximate surface area is 438 Å². The molecule has 0 unspecified atom stereocenters. The molecule has 2 aliphatic heterocycles. The lowest BCUT2D eigenvalue weighted by molar-refractivity contribution is -0.199. The Hall–Kier alpha value is -5.53. The molecule has 17 nitrogen and oxygen atoms in total. The molecule has 8 rings (SSSR count). The van der Waals surface area contributed by atoms with Crippen LogP contribution in [0.4, 0.5) is 0 Å². The van der Waals surface area contributed by atoms with E-state index in [9.17, 15) is 24.0 Å². The number of nitrogens with one attached hydrogen (secondary N) is 4. The van der Waals surface area contributed by atoms with E-state index in [1.54, 1.807) is 36.4 Å². The summed E-state index contributed by atoms with van der Waals surface area (Å²) in [7, 11) is 0.818. The molecule has 3 aromatic carbocycles. The first-order chi connectivity index (χ1) is 35.5. The molecule has 6 bridgehead atoms. The van der Waals surface area contributed by atoms with E-state index in [1.165, 1.54) is 44.6 Å². The van der Waals surface area contributed by atoms with Gasteiger partial charge in [0.1, 0.15) is 48.9 Å². The molecule has 3 aromatic rings. The molecule has 0 spiro atoms. The summed E-state index contributed by atoms with van der Waals surface area (Å²) in [5.74, 6) is -1.02. The number of rotatable bonds is 23. The maximum atomic E-state index is 14.9. The van der Waals surface area contributed by atoms with Crippen LogP contribution < -0.4 is 47.9 Å². The van der Waals surface area contributed by atoms with Gasteiger partial charge in [-0.2, -0.15) is 0 Å². The van der Waals surface area contributed by atoms with E-state index in [-0.39, 0.29) is 63.7 Å². The second-order valence-electron chi connectivity index (χ2n) is 21.5. The highest BCUT2D eigenvalue weighted by molar-refractivity contribution is 6.46. The molecule has 4 fully saturated rings. The van der Waals surface area contributed by atoms with E-state index in [0.717, 1.165) is 37.7 Å². The van der Waals surface area contributed by atoms with Crippen LogP contribution in [0.5, 0.6) is 11.5 Å². The number of hydrogen-bond donors (Lipinski definition) is 7. The quantitative estimate of drug-likeness (QED) is 0.0495. The Bertz CT molecular complexity index is 2440. The van der Waals surface area contributed by atoms with Crippen LogP contribution in [0.3, 0.4) is 0 Å². The van der Waals surface area contributed by atoms with Crippen LogP contribution in [0.1, 0.15) is 132 Å². The molecule has 3 aliphatic carbocycles. The molecule has 2 heterocycles. The lowest BCUT2D eigenvalue weighted by atomic mass is 9.43. The van der Waals surface area contributed by atoms with Crippen molar-refractivity contribution < 1.29 is 42.8 Å². The van der Waals surface area contributed by atoms with Crippen LogP contribution in [-0.2, 0) is 41.3 Å². The molecule has 0 aromatic heterocycles. The number of likely N-dealkylation sites (N-methyl/N-ethyl adjacent to an activating group) is 1. The lowest BCUT2D eigenvalue weighted by Crippen LogP contribution is -2.65. The molecule has 18 heteroatoms. The van der Waals surface area contributed by atoms with Gasteiger partial charge in [0.25, 0.3) is 5.91 Å². The Morgan fingerprint density at radius 1 is 0.838 bits per heavy atom. The van der Waals surface area contributed by atoms with Crippen LogP contribution in [-0.4, -0.2) is 118 Å². The molecule has 5 amide bonds. The summed E-state index contributed by atoms with van der Waals surface area (Å²) in [5, 5.41) is 11.7. The molecule has 5 aliphatic rings. The fourth-order valence-corrected chi connectivity index (χ4v) is 11.6. The third-order valence-electron chi connectivity index (χ3n) is 16.0. The van der Waals surface area contributed by atoms with Crippen molar-refractivity contribution in [1.29, 1.82) is 0 Å². The number of aryl methyl sites for hydroxylation is 1. The van der Waals surface area contributed by atoms with Gasteiger partial charge in [-0.25, -0.2) is 0 Å². The first-order valence-corrected chi connectivity index (χ1v) is 27.0. The number of unbranched alkanes of at least 4 members (excludes halogenated alkanes) is 5. The van der Waals surface area contributed by atoms with E-state index in [0.29, 0.717) is 57.6 Å². The molecule has 8 atom stereocenters. The van der Waals surface area contributed by atoms with Gasteiger partial charge in [-0.15, -0.1) is 0 Å². The van der Waals surface area contributed by atoms with Gasteiger partial charge in [0.2, 0.25) is 23.6 Å². The molecular formula is C56H81BN8O9. The normalized spacial score (nSPS) is 24.3. The van der Waals surface area contributed by atoms with Gasteiger partial charge in [-0.3, -0.25) is 24.0 Å². The predicted molar refractivity (Wildman–Crippen MR) is 286 cm³/mol. The number of carbonyl (C=O) groups excluding carboxylic acids is 5. The molecule has 74 heavy (non-hydrogen) atoms.